The maximum Gasteiger partial charge on any atom is 0.335 e. The number of carbonyl (C=O) groups is 1. The Hall–Kier alpha value is -3.78. The van der Waals surface area contributed by atoms with Crippen molar-refractivity contribution in [2.45, 2.75) is 31.8 Å². The molecule has 3 aromatic carbocycles. The maximum atomic E-state index is 14.5. The first-order valence-corrected chi connectivity index (χ1v) is 11.2. The van der Waals surface area contributed by atoms with Gasteiger partial charge >= 0.3 is 5.97 Å². The number of aromatic nitrogens is 1. The number of aromatic carboxylic acids is 1. The second-order valence-corrected chi connectivity index (χ2v) is 8.80. The van der Waals surface area contributed by atoms with E-state index >= 15 is 0 Å². The molecule has 35 heavy (non-hydrogen) atoms. The summed E-state index contributed by atoms with van der Waals surface area (Å²) in [6.07, 6.45) is 1.16. The molecule has 2 atom stereocenters. The first-order valence-electron chi connectivity index (χ1n) is 11.2. The smallest absolute Gasteiger partial charge is 0.335 e. The van der Waals surface area contributed by atoms with Crippen molar-refractivity contribution < 1.29 is 32.9 Å². The summed E-state index contributed by atoms with van der Waals surface area (Å²) in [5.74, 6) is -4.25. The number of rotatable bonds is 4. The van der Waals surface area contributed by atoms with Crippen LogP contribution in [-0.2, 0) is 4.74 Å². The van der Waals surface area contributed by atoms with E-state index in [1.807, 2.05) is 6.92 Å². The number of phenolic OH excluding ortho intramolecular Hbond substituents is 1. The summed E-state index contributed by atoms with van der Waals surface area (Å²) in [4.78, 5) is 11.4. The number of hydrogen-bond acceptors (Lipinski definition) is 3. The van der Waals surface area contributed by atoms with Gasteiger partial charge in [-0.3, -0.25) is 0 Å². The summed E-state index contributed by atoms with van der Waals surface area (Å²) in [5, 5.41) is 20.5. The van der Waals surface area contributed by atoms with E-state index in [0.717, 1.165) is 18.2 Å². The average molecular weight is 481 g/mol. The molecule has 0 spiro atoms. The molecule has 1 saturated heterocycles. The maximum absolute atomic E-state index is 14.5. The molecular weight excluding hydrogens is 459 g/mol. The quantitative estimate of drug-likeness (QED) is 0.354. The third kappa shape index (κ3) is 4.04. The Bertz CT molecular complexity index is 1450. The zero-order chi connectivity index (χ0) is 24.9. The number of benzene rings is 3. The van der Waals surface area contributed by atoms with Crippen molar-refractivity contribution in [2.24, 2.45) is 0 Å². The highest BCUT2D eigenvalue weighted by Gasteiger charge is 2.31. The van der Waals surface area contributed by atoms with Crippen molar-refractivity contribution >= 4 is 16.9 Å². The third-order valence-electron chi connectivity index (χ3n) is 6.50. The largest absolute Gasteiger partial charge is 0.507 e. The fraction of sp³-hybridized carbons (Fsp3) is 0.222. The molecule has 180 valence electrons. The van der Waals surface area contributed by atoms with Crippen LogP contribution in [0.1, 0.15) is 41.7 Å². The zero-order valence-electron chi connectivity index (χ0n) is 18.8. The Kier molecular flexibility index (Phi) is 5.76. The zero-order valence-corrected chi connectivity index (χ0v) is 18.8. The molecule has 1 aliphatic heterocycles. The molecule has 2 heterocycles. The number of halogens is 3. The summed E-state index contributed by atoms with van der Waals surface area (Å²) >= 11 is 0. The molecular formula is C27H22F3NO4. The van der Waals surface area contributed by atoms with Crippen LogP contribution in [0, 0.1) is 17.5 Å². The van der Waals surface area contributed by atoms with Crippen LogP contribution < -0.4 is 0 Å². The molecule has 1 aromatic heterocycles. The van der Waals surface area contributed by atoms with E-state index in [1.165, 1.54) is 24.3 Å². The monoisotopic (exact) mass is 481 g/mol. The summed E-state index contributed by atoms with van der Waals surface area (Å²) in [6, 6.07) is 11.9. The van der Waals surface area contributed by atoms with Crippen molar-refractivity contribution in [1.29, 1.82) is 0 Å². The Labute approximate surface area is 199 Å². The van der Waals surface area contributed by atoms with E-state index in [9.17, 15) is 28.2 Å². The molecule has 8 heteroatoms. The highest BCUT2D eigenvalue weighted by Crippen LogP contribution is 2.47. The molecule has 1 aliphatic rings. The number of aromatic hydroxyl groups is 1. The molecule has 2 unspecified atom stereocenters. The standard InChI is InChI=1S/C27H22F3NO4/c1-14-10-17(8-9-35-14)26-24(15-2-4-16(5-3-15)27(33)34)25-22(11-18(28)12-23(25)32)31(26)19-6-7-20(29)21(30)13-19/h2-7,11-14,17,32H,8-10H2,1H3,(H,33,34). The Balaban J connectivity index is 1.89. The van der Waals surface area contributed by atoms with Crippen molar-refractivity contribution in [3.63, 3.8) is 0 Å². The lowest BCUT2D eigenvalue weighted by Gasteiger charge is -2.29. The van der Waals surface area contributed by atoms with Gasteiger partial charge in [0.2, 0.25) is 0 Å². The number of ether oxygens (including phenoxy) is 1. The van der Waals surface area contributed by atoms with E-state index in [2.05, 4.69) is 0 Å². The summed E-state index contributed by atoms with van der Waals surface area (Å²) in [7, 11) is 0. The third-order valence-corrected chi connectivity index (χ3v) is 6.50. The highest BCUT2D eigenvalue weighted by atomic mass is 19.2. The van der Waals surface area contributed by atoms with E-state index in [1.54, 1.807) is 16.7 Å². The van der Waals surface area contributed by atoms with E-state index in [0.29, 0.717) is 47.2 Å². The number of carboxylic acids is 1. The van der Waals surface area contributed by atoms with Crippen LogP contribution in [0.3, 0.4) is 0 Å². The van der Waals surface area contributed by atoms with Gasteiger partial charge in [0, 0.05) is 41.6 Å². The minimum Gasteiger partial charge on any atom is -0.507 e. The molecule has 0 radical (unpaired) electrons. The van der Waals surface area contributed by atoms with Gasteiger partial charge in [0.25, 0.3) is 0 Å². The van der Waals surface area contributed by atoms with Gasteiger partial charge in [-0.25, -0.2) is 18.0 Å². The molecule has 2 N–H and O–H groups in total. The van der Waals surface area contributed by atoms with E-state index in [-0.39, 0.29) is 29.0 Å². The molecule has 0 bridgehead atoms. The average Bonchev–Trinajstić information content (AvgIpc) is 3.16. The molecule has 4 aromatic rings. The lowest BCUT2D eigenvalue weighted by molar-refractivity contribution is 0.0179. The fourth-order valence-electron chi connectivity index (χ4n) is 4.99. The second-order valence-electron chi connectivity index (χ2n) is 8.80. The minimum atomic E-state index is -1.08. The topological polar surface area (TPSA) is 71.7 Å². The normalized spacial score (nSPS) is 18.2. The van der Waals surface area contributed by atoms with Gasteiger partial charge < -0.3 is 19.5 Å². The van der Waals surface area contributed by atoms with Gasteiger partial charge in [-0.15, -0.1) is 0 Å². The van der Waals surface area contributed by atoms with Gasteiger partial charge in [-0.05, 0) is 55.7 Å². The minimum absolute atomic E-state index is 0.0715. The number of nitrogens with zero attached hydrogens (tertiary/aromatic N) is 1. The molecule has 5 nitrogen and oxygen atoms in total. The van der Waals surface area contributed by atoms with Gasteiger partial charge in [0.15, 0.2) is 11.6 Å². The molecule has 0 aliphatic carbocycles. The van der Waals surface area contributed by atoms with Crippen LogP contribution in [0.25, 0.3) is 27.7 Å². The number of carboxylic acid groups (broad SMARTS) is 1. The Morgan fingerprint density at radius 3 is 2.43 bits per heavy atom. The summed E-state index contributed by atoms with van der Waals surface area (Å²) in [5.41, 5.74) is 2.54. The summed E-state index contributed by atoms with van der Waals surface area (Å²) < 4.78 is 50.0. The van der Waals surface area contributed by atoms with Crippen molar-refractivity contribution in [1.82, 2.24) is 4.57 Å². The Morgan fingerprint density at radius 1 is 1.03 bits per heavy atom. The predicted molar refractivity (Wildman–Crippen MR) is 125 cm³/mol. The molecule has 0 saturated carbocycles. The lowest BCUT2D eigenvalue weighted by atomic mass is 9.87. The second kappa shape index (κ2) is 8.78. The van der Waals surface area contributed by atoms with Crippen LogP contribution >= 0.6 is 0 Å². The van der Waals surface area contributed by atoms with E-state index < -0.39 is 23.4 Å². The van der Waals surface area contributed by atoms with Crippen LogP contribution in [0.15, 0.2) is 54.6 Å². The van der Waals surface area contributed by atoms with Crippen LogP contribution in [-0.4, -0.2) is 33.5 Å². The molecule has 5 rings (SSSR count). The summed E-state index contributed by atoms with van der Waals surface area (Å²) in [6.45, 7) is 2.41. The van der Waals surface area contributed by atoms with Crippen LogP contribution in [0.4, 0.5) is 13.2 Å². The Morgan fingerprint density at radius 2 is 1.77 bits per heavy atom. The lowest BCUT2D eigenvalue weighted by Crippen LogP contribution is -2.23. The van der Waals surface area contributed by atoms with E-state index in [4.69, 9.17) is 4.74 Å². The number of fused-ring (bicyclic) bond motifs is 1. The van der Waals surface area contributed by atoms with Gasteiger partial charge in [0.05, 0.1) is 22.6 Å². The van der Waals surface area contributed by atoms with Crippen LogP contribution in [0.5, 0.6) is 5.75 Å². The predicted octanol–water partition coefficient (Wildman–Crippen LogP) is 6.40. The van der Waals surface area contributed by atoms with Crippen LogP contribution in [0.2, 0.25) is 0 Å². The highest BCUT2D eigenvalue weighted by molar-refractivity contribution is 6.03. The first kappa shape index (κ1) is 23.0. The number of phenols is 1. The van der Waals surface area contributed by atoms with Gasteiger partial charge in [0.1, 0.15) is 11.6 Å². The van der Waals surface area contributed by atoms with Crippen molar-refractivity contribution in [3.05, 3.63) is 83.3 Å². The SMILES string of the molecule is CC1CC(c2c(-c3ccc(C(=O)O)cc3)c3c(O)cc(F)cc3n2-c2ccc(F)c(F)c2)CCO1. The number of hydrogen-bond donors (Lipinski definition) is 2. The van der Waals surface area contributed by atoms with Gasteiger partial charge in [-0.2, -0.15) is 0 Å². The van der Waals surface area contributed by atoms with Gasteiger partial charge in [-0.1, -0.05) is 12.1 Å². The first-order chi connectivity index (χ1) is 16.7. The van der Waals surface area contributed by atoms with Crippen molar-refractivity contribution in [2.75, 3.05) is 6.61 Å². The molecule has 0 amide bonds. The van der Waals surface area contributed by atoms with Crippen molar-refractivity contribution in [3.8, 4) is 22.6 Å². The fourth-order valence-corrected chi connectivity index (χ4v) is 4.99. The molecule has 1 fully saturated rings.